The molecule has 14 heavy (non-hydrogen) atoms. The van der Waals surface area contributed by atoms with Crippen molar-refractivity contribution < 1.29 is 9.90 Å². The maximum Gasteiger partial charge on any atom is 0.304 e. The number of carbonyl (C=O) groups is 1. The first-order valence-corrected chi connectivity index (χ1v) is 5.71. The Morgan fingerprint density at radius 1 is 1.29 bits per heavy atom. The third-order valence-corrected chi connectivity index (χ3v) is 3.63. The molecule has 1 saturated carbocycles. The van der Waals surface area contributed by atoms with Crippen LogP contribution in [0.5, 0.6) is 0 Å². The van der Waals surface area contributed by atoms with E-state index in [4.69, 9.17) is 5.11 Å². The van der Waals surface area contributed by atoms with Gasteiger partial charge in [-0.15, -0.1) is 0 Å². The standard InChI is InChI=1S/C11H19NO2/c13-11(14)7-10-5-2-6-12(10)8-9-3-1-4-9/h9-10H,1-8H2,(H,13,14). The van der Waals surface area contributed by atoms with Gasteiger partial charge < -0.3 is 5.11 Å². The number of hydrogen-bond acceptors (Lipinski definition) is 2. The van der Waals surface area contributed by atoms with Crippen molar-refractivity contribution in [3.8, 4) is 0 Å². The molecule has 2 rings (SSSR count). The summed E-state index contributed by atoms with van der Waals surface area (Å²) in [5, 5.41) is 8.77. The predicted molar refractivity (Wildman–Crippen MR) is 54.2 cm³/mol. The summed E-state index contributed by atoms with van der Waals surface area (Å²) in [6.07, 6.45) is 6.70. The lowest BCUT2D eigenvalue weighted by atomic mass is 9.85. The van der Waals surface area contributed by atoms with E-state index >= 15 is 0 Å². The van der Waals surface area contributed by atoms with E-state index in [0.29, 0.717) is 12.5 Å². The molecular weight excluding hydrogens is 178 g/mol. The maximum absolute atomic E-state index is 10.6. The van der Waals surface area contributed by atoms with Crippen molar-refractivity contribution in [1.82, 2.24) is 4.90 Å². The molecule has 80 valence electrons. The highest BCUT2D eigenvalue weighted by molar-refractivity contribution is 5.67. The van der Waals surface area contributed by atoms with Gasteiger partial charge in [-0.1, -0.05) is 6.42 Å². The quantitative estimate of drug-likeness (QED) is 0.746. The highest BCUT2D eigenvalue weighted by Crippen LogP contribution is 2.30. The molecule has 0 amide bonds. The van der Waals surface area contributed by atoms with Gasteiger partial charge in [0.1, 0.15) is 0 Å². The number of likely N-dealkylation sites (tertiary alicyclic amines) is 1. The number of hydrogen-bond donors (Lipinski definition) is 1. The Labute approximate surface area is 85.1 Å². The Kier molecular flexibility index (Phi) is 3.06. The summed E-state index contributed by atoms with van der Waals surface area (Å²) >= 11 is 0. The first-order chi connectivity index (χ1) is 6.75. The molecule has 1 aliphatic heterocycles. The van der Waals surface area contributed by atoms with Gasteiger partial charge in [-0.25, -0.2) is 0 Å². The molecule has 1 saturated heterocycles. The van der Waals surface area contributed by atoms with Gasteiger partial charge in [0.25, 0.3) is 0 Å². The van der Waals surface area contributed by atoms with Crippen LogP contribution in [0.25, 0.3) is 0 Å². The molecule has 3 heteroatoms. The second-order valence-corrected chi connectivity index (χ2v) is 4.69. The van der Waals surface area contributed by atoms with E-state index in [-0.39, 0.29) is 0 Å². The summed E-state index contributed by atoms with van der Waals surface area (Å²) in [5.41, 5.74) is 0. The molecule has 1 aliphatic carbocycles. The summed E-state index contributed by atoms with van der Waals surface area (Å²) in [4.78, 5) is 13.0. The van der Waals surface area contributed by atoms with E-state index in [1.54, 1.807) is 0 Å². The Balaban J connectivity index is 1.79. The monoisotopic (exact) mass is 197 g/mol. The normalized spacial score (nSPS) is 29.0. The van der Waals surface area contributed by atoms with Crippen molar-refractivity contribution in [2.45, 2.75) is 44.6 Å². The van der Waals surface area contributed by atoms with E-state index in [1.165, 1.54) is 25.7 Å². The Morgan fingerprint density at radius 2 is 2.07 bits per heavy atom. The van der Waals surface area contributed by atoms with E-state index in [2.05, 4.69) is 4.90 Å². The predicted octanol–water partition coefficient (Wildman–Crippen LogP) is 1.73. The smallest absolute Gasteiger partial charge is 0.304 e. The Bertz CT molecular complexity index is 213. The van der Waals surface area contributed by atoms with E-state index in [9.17, 15) is 4.79 Å². The average molecular weight is 197 g/mol. The highest BCUT2D eigenvalue weighted by Gasteiger charge is 2.29. The largest absolute Gasteiger partial charge is 0.481 e. The highest BCUT2D eigenvalue weighted by atomic mass is 16.4. The lowest BCUT2D eigenvalue weighted by molar-refractivity contribution is -0.138. The molecule has 0 radical (unpaired) electrons. The zero-order valence-electron chi connectivity index (χ0n) is 8.61. The van der Waals surface area contributed by atoms with Gasteiger partial charge in [0.15, 0.2) is 0 Å². The SMILES string of the molecule is O=C(O)CC1CCCN1CC1CCC1. The van der Waals surface area contributed by atoms with Gasteiger partial charge in [-0.2, -0.15) is 0 Å². The molecule has 2 aliphatic rings. The lowest BCUT2D eigenvalue weighted by Gasteiger charge is -2.32. The number of nitrogens with zero attached hydrogens (tertiary/aromatic N) is 1. The van der Waals surface area contributed by atoms with Crippen LogP contribution in [0.1, 0.15) is 38.5 Å². The fraction of sp³-hybridized carbons (Fsp3) is 0.909. The Morgan fingerprint density at radius 3 is 2.64 bits per heavy atom. The summed E-state index contributed by atoms with van der Waals surface area (Å²) < 4.78 is 0. The van der Waals surface area contributed by atoms with Gasteiger partial charge in [0, 0.05) is 12.6 Å². The van der Waals surface area contributed by atoms with Crippen molar-refractivity contribution >= 4 is 5.97 Å². The first kappa shape index (κ1) is 9.97. The van der Waals surface area contributed by atoms with Gasteiger partial charge in [0.2, 0.25) is 0 Å². The molecule has 1 atom stereocenters. The second-order valence-electron chi connectivity index (χ2n) is 4.69. The lowest BCUT2D eigenvalue weighted by Crippen LogP contribution is -2.37. The summed E-state index contributed by atoms with van der Waals surface area (Å²) in [6, 6.07) is 0.327. The van der Waals surface area contributed by atoms with Crippen LogP contribution in [-0.4, -0.2) is 35.1 Å². The molecule has 0 aromatic heterocycles. The molecule has 0 bridgehead atoms. The van der Waals surface area contributed by atoms with Crippen molar-refractivity contribution in [2.75, 3.05) is 13.1 Å². The van der Waals surface area contributed by atoms with E-state index in [0.717, 1.165) is 25.4 Å². The van der Waals surface area contributed by atoms with Crippen LogP contribution in [0.4, 0.5) is 0 Å². The average Bonchev–Trinajstić information content (AvgIpc) is 2.44. The minimum Gasteiger partial charge on any atom is -0.481 e. The van der Waals surface area contributed by atoms with Crippen molar-refractivity contribution in [3.63, 3.8) is 0 Å². The second kappa shape index (κ2) is 4.30. The van der Waals surface area contributed by atoms with Crippen LogP contribution >= 0.6 is 0 Å². The summed E-state index contributed by atoms with van der Waals surface area (Å²) in [6.45, 7) is 2.27. The van der Waals surface area contributed by atoms with Crippen LogP contribution in [-0.2, 0) is 4.79 Å². The van der Waals surface area contributed by atoms with Crippen molar-refractivity contribution in [1.29, 1.82) is 0 Å². The number of aliphatic carboxylic acids is 1. The van der Waals surface area contributed by atoms with Gasteiger partial charge >= 0.3 is 5.97 Å². The fourth-order valence-electron chi connectivity index (χ4n) is 2.58. The molecule has 0 aromatic rings. The third kappa shape index (κ3) is 2.27. The topological polar surface area (TPSA) is 40.5 Å². The van der Waals surface area contributed by atoms with Crippen LogP contribution in [0.15, 0.2) is 0 Å². The minimum absolute atomic E-state index is 0.327. The number of carboxylic acid groups (broad SMARTS) is 1. The number of rotatable bonds is 4. The molecule has 3 nitrogen and oxygen atoms in total. The van der Waals surface area contributed by atoms with Gasteiger partial charge in [-0.3, -0.25) is 9.69 Å². The van der Waals surface area contributed by atoms with Crippen LogP contribution in [0, 0.1) is 5.92 Å². The molecule has 0 aromatic carbocycles. The molecule has 1 N–H and O–H groups in total. The fourth-order valence-corrected chi connectivity index (χ4v) is 2.58. The first-order valence-electron chi connectivity index (χ1n) is 5.71. The summed E-state index contributed by atoms with van der Waals surface area (Å²) in [7, 11) is 0. The third-order valence-electron chi connectivity index (χ3n) is 3.63. The Hall–Kier alpha value is -0.570. The van der Waals surface area contributed by atoms with Crippen molar-refractivity contribution in [2.24, 2.45) is 5.92 Å². The van der Waals surface area contributed by atoms with Crippen LogP contribution < -0.4 is 0 Å². The van der Waals surface area contributed by atoms with Crippen LogP contribution in [0.2, 0.25) is 0 Å². The molecular formula is C11H19NO2. The van der Waals surface area contributed by atoms with Crippen LogP contribution in [0.3, 0.4) is 0 Å². The zero-order chi connectivity index (χ0) is 9.97. The summed E-state index contributed by atoms with van der Waals surface area (Å²) in [5.74, 6) is 0.222. The molecule has 0 spiro atoms. The maximum atomic E-state index is 10.6. The van der Waals surface area contributed by atoms with Crippen molar-refractivity contribution in [3.05, 3.63) is 0 Å². The van der Waals surface area contributed by atoms with E-state index in [1.807, 2.05) is 0 Å². The zero-order valence-corrected chi connectivity index (χ0v) is 8.61. The number of carboxylic acids is 1. The molecule has 1 unspecified atom stereocenters. The van der Waals surface area contributed by atoms with Gasteiger partial charge in [0.05, 0.1) is 6.42 Å². The molecule has 2 fully saturated rings. The van der Waals surface area contributed by atoms with E-state index < -0.39 is 5.97 Å². The molecule has 1 heterocycles. The van der Waals surface area contributed by atoms with Gasteiger partial charge in [-0.05, 0) is 38.1 Å². The minimum atomic E-state index is -0.643.